The summed E-state index contributed by atoms with van der Waals surface area (Å²) >= 11 is 3.21. The minimum Gasteiger partial charge on any atom is -0.356 e. The number of thiophene rings is 1. The van der Waals surface area contributed by atoms with Gasteiger partial charge in [0.25, 0.3) is 5.91 Å². The van der Waals surface area contributed by atoms with Gasteiger partial charge in [-0.15, -0.1) is 22.7 Å². The van der Waals surface area contributed by atoms with Crippen LogP contribution in [0.3, 0.4) is 0 Å². The maximum Gasteiger partial charge on any atom is 0.282 e. The molecule has 1 saturated heterocycles. The first-order valence-corrected chi connectivity index (χ1v) is 11.5. The molecule has 0 aromatic carbocycles. The highest BCUT2D eigenvalue weighted by Gasteiger charge is 2.27. The molecule has 0 saturated carbocycles. The van der Waals surface area contributed by atoms with Crippen LogP contribution in [0.5, 0.6) is 0 Å². The van der Waals surface area contributed by atoms with Crippen LogP contribution in [-0.2, 0) is 24.1 Å². The molecule has 0 bridgehead atoms. The molecule has 0 spiro atoms. The molecule has 0 unspecified atom stereocenters. The Morgan fingerprint density at radius 2 is 2.04 bits per heavy atom. The van der Waals surface area contributed by atoms with Crippen LogP contribution >= 0.6 is 22.7 Å². The van der Waals surface area contributed by atoms with Crippen molar-refractivity contribution in [3.05, 3.63) is 38.0 Å². The van der Waals surface area contributed by atoms with Crippen molar-refractivity contribution in [3.8, 4) is 0 Å². The van der Waals surface area contributed by atoms with E-state index in [1.54, 1.807) is 22.7 Å². The first kappa shape index (κ1) is 18.6. The summed E-state index contributed by atoms with van der Waals surface area (Å²) in [6, 6.07) is 3.96. The molecule has 1 fully saturated rings. The number of nitrogens with one attached hydrogen (secondary N) is 1. The Bertz CT molecular complexity index is 769. The van der Waals surface area contributed by atoms with Gasteiger partial charge in [-0.05, 0) is 55.9 Å². The molecule has 0 radical (unpaired) electrons. The average molecular weight is 404 g/mol. The lowest BCUT2D eigenvalue weighted by Crippen LogP contribution is -2.41. The molecule has 144 valence electrons. The second kappa shape index (κ2) is 8.52. The molecule has 3 heterocycles. The lowest BCUT2D eigenvalue weighted by Gasteiger charge is -2.31. The molecule has 2 aromatic rings. The zero-order valence-corrected chi connectivity index (χ0v) is 17.0. The van der Waals surface area contributed by atoms with Crippen LogP contribution in [0.1, 0.15) is 50.9 Å². The Morgan fingerprint density at radius 3 is 2.78 bits per heavy atom. The Labute approximate surface area is 167 Å². The third-order valence-corrected chi connectivity index (χ3v) is 7.45. The summed E-state index contributed by atoms with van der Waals surface area (Å²) in [7, 11) is 0. The van der Waals surface area contributed by atoms with E-state index in [0.29, 0.717) is 23.9 Å². The van der Waals surface area contributed by atoms with Crippen molar-refractivity contribution in [2.24, 2.45) is 5.92 Å². The summed E-state index contributed by atoms with van der Waals surface area (Å²) in [6.45, 7) is 2.22. The fourth-order valence-corrected chi connectivity index (χ4v) is 5.63. The highest BCUT2D eigenvalue weighted by Crippen LogP contribution is 2.28. The van der Waals surface area contributed by atoms with Gasteiger partial charge in [-0.3, -0.25) is 9.59 Å². The predicted molar refractivity (Wildman–Crippen MR) is 108 cm³/mol. The van der Waals surface area contributed by atoms with Gasteiger partial charge in [0.15, 0.2) is 5.01 Å². The Hall–Kier alpha value is -1.73. The maximum atomic E-state index is 12.8. The second-order valence-corrected chi connectivity index (χ2v) is 9.51. The molecule has 2 amide bonds. The normalized spacial score (nSPS) is 17.6. The zero-order chi connectivity index (χ0) is 18.6. The zero-order valence-electron chi connectivity index (χ0n) is 15.4. The third-order valence-electron chi connectivity index (χ3n) is 5.43. The number of piperidine rings is 1. The molecular weight excluding hydrogens is 378 g/mol. The minimum absolute atomic E-state index is 0.0873. The number of thiazole rings is 1. The number of likely N-dealkylation sites (tertiary alicyclic amines) is 1. The summed E-state index contributed by atoms with van der Waals surface area (Å²) < 4.78 is 0. The Balaban J connectivity index is 1.23. The number of fused-ring (bicyclic) bond motifs is 1. The maximum absolute atomic E-state index is 12.8. The SMILES string of the molecule is O=C(Cc1cccs1)NCC1CCN(C(=O)c2nc3c(s2)CCCC3)CC1. The van der Waals surface area contributed by atoms with E-state index in [2.05, 4.69) is 10.3 Å². The number of aryl methyl sites for hydroxylation is 2. The van der Waals surface area contributed by atoms with Gasteiger partial charge in [0.1, 0.15) is 0 Å². The van der Waals surface area contributed by atoms with E-state index < -0.39 is 0 Å². The smallest absolute Gasteiger partial charge is 0.282 e. The van der Waals surface area contributed by atoms with Gasteiger partial charge in [0, 0.05) is 29.4 Å². The third kappa shape index (κ3) is 4.58. The van der Waals surface area contributed by atoms with Gasteiger partial charge >= 0.3 is 0 Å². The van der Waals surface area contributed by atoms with Gasteiger partial charge in [-0.2, -0.15) is 0 Å². The summed E-state index contributed by atoms with van der Waals surface area (Å²) in [4.78, 5) is 33.8. The van der Waals surface area contributed by atoms with Gasteiger partial charge in [0.2, 0.25) is 5.91 Å². The van der Waals surface area contributed by atoms with Gasteiger partial charge in [-0.1, -0.05) is 6.07 Å². The van der Waals surface area contributed by atoms with Crippen LogP contribution in [0.2, 0.25) is 0 Å². The van der Waals surface area contributed by atoms with Crippen LogP contribution in [0, 0.1) is 5.92 Å². The van der Waals surface area contributed by atoms with Crippen LogP contribution in [0.25, 0.3) is 0 Å². The van der Waals surface area contributed by atoms with E-state index >= 15 is 0 Å². The van der Waals surface area contributed by atoms with Crippen molar-refractivity contribution in [2.45, 2.75) is 44.9 Å². The summed E-state index contributed by atoms with van der Waals surface area (Å²) in [5.74, 6) is 0.629. The predicted octanol–water partition coefficient (Wildman–Crippen LogP) is 3.29. The van der Waals surface area contributed by atoms with Gasteiger partial charge in [0.05, 0.1) is 12.1 Å². The molecule has 1 aliphatic heterocycles. The van der Waals surface area contributed by atoms with Gasteiger partial charge in [-0.25, -0.2) is 4.98 Å². The number of aromatic nitrogens is 1. The molecule has 27 heavy (non-hydrogen) atoms. The molecule has 0 atom stereocenters. The monoisotopic (exact) mass is 403 g/mol. The minimum atomic E-state index is 0.0873. The number of amides is 2. The molecule has 2 aliphatic rings. The number of nitrogens with zero attached hydrogens (tertiary/aromatic N) is 2. The van der Waals surface area contributed by atoms with E-state index in [9.17, 15) is 9.59 Å². The summed E-state index contributed by atoms with van der Waals surface area (Å²) in [5, 5.41) is 5.72. The van der Waals surface area contributed by atoms with Crippen molar-refractivity contribution < 1.29 is 9.59 Å². The number of hydrogen-bond donors (Lipinski definition) is 1. The highest BCUT2D eigenvalue weighted by atomic mass is 32.1. The topological polar surface area (TPSA) is 62.3 Å². The largest absolute Gasteiger partial charge is 0.356 e. The standard InChI is InChI=1S/C20H25N3O2S2/c24-18(12-15-4-3-11-26-15)21-13-14-7-9-23(10-8-14)20(25)19-22-16-5-1-2-6-17(16)27-19/h3-4,11,14H,1-2,5-10,12-13H2,(H,21,24). The van der Waals surface area contributed by atoms with E-state index in [-0.39, 0.29) is 11.8 Å². The average Bonchev–Trinajstić information content (AvgIpc) is 3.35. The fourth-order valence-electron chi connectivity index (χ4n) is 3.81. The number of hydrogen-bond acceptors (Lipinski definition) is 5. The van der Waals surface area contributed by atoms with Crippen molar-refractivity contribution in [3.63, 3.8) is 0 Å². The fraction of sp³-hybridized carbons (Fsp3) is 0.550. The molecule has 2 aromatic heterocycles. The Morgan fingerprint density at radius 1 is 1.22 bits per heavy atom. The van der Waals surface area contributed by atoms with Crippen molar-refractivity contribution >= 4 is 34.5 Å². The number of carbonyl (C=O) groups is 2. The van der Waals surface area contributed by atoms with E-state index in [4.69, 9.17) is 0 Å². The van der Waals surface area contributed by atoms with Crippen molar-refractivity contribution in [1.82, 2.24) is 15.2 Å². The summed E-state index contributed by atoms with van der Waals surface area (Å²) in [6.07, 6.45) is 6.84. The molecular formula is C20H25N3O2S2. The first-order chi connectivity index (χ1) is 13.2. The van der Waals surface area contributed by atoms with Crippen molar-refractivity contribution in [1.29, 1.82) is 0 Å². The van der Waals surface area contributed by atoms with Crippen LogP contribution in [0.4, 0.5) is 0 Å². The van der Waals surface area contributed by atoms with E-state index in [0.717, 1.165) is 49.3 Å². The van der Waals surface area contributed by atoms with E-state index in [1.807, 2.05) is 22.4 Å². The lowest BCUT2D eigenvalue weighted by atomic mass is 9.96. The van der Waals surface area contributed by atoms with Crippen LogP contribution < -0.4 is 5.32 Å². The summed E-state index contributed by atoms with van der Waals surface area (Å²) in [5.41, 5.74) is 1.15. The highest BCUT2D eigenvalue weighted by molar-refractivity contribution is 7.13. The quantitative estimate of drug-likeness (QED) is 0.833. The molecule has 4 rings (SSSR count). The van der Waals surface area contributed by atoms with Crippen LogP contribution in [0.15, 0.2) is 17.5 Å². The van der Waals surface area contributed by atoms with Gasteiger partial charge < -0.3 is 10.2 Å². The molecule has 1 aliphatic carbocycles. The molecule has 1 N–H and O–H groups in total. The number of carbonyl (C=O) groups excluding carboxylic acids is 2. The first-order valence-electron chi connectivity index (χ1n) is 9.76. The number of rotatable bonds is 5. The Kier molecular flexibility index (Phi) is 5.88. The second-order valence-electron chi connectivity index (χ2n) is 7.39. The van der Waals surface area contributed by atoms with E-state index in [1.165, 1.54) is 17.7 Å². The lowest BCUT2D eigenvalue weighted by molar-refractivity contribution is -0.120. The molecule has 7 heteroatoms. The molecule has 5 nitrogen and oxygen atoms in total. The van der Waals surface area contributed by atoms with Crippen LogP contribution in [-0.4, -0.2) is 41.3 Å². The van der Waals surface area contributed by atoms with Crippen molar-refractivity contribution in [2.75, 3.05) is 19.6 Å².